The van der Waals surface area contributed by atoms with Gasteiger partial charge in [0.1, 0.15) is 0 Å². The molecule has 0 aromatic heterocycles. The fourth-order valence-electron chi connectivity index (χ4n) is 3.08. The summed E-state index contributed by atoms with van der Waals surface area (Å²) in [6.07, 6.45) is -2.96. The summed E-state index contributed by atoms with van der Waals surface area (Å²) in [6.45, 7) is 7.73. The van der Waals surface area contributed by atoms with Crippen molar-refractivity contribution < 1.29 is 13.2 Å². The molecule has 0 aromatic carbocycles. The lowest BCUT2D eigenvalue weighted by Gasteiger charge is -2.27. The fourth-order valence-corrected chi connectivity index (χ4v) is 3.08. The van der Waals surface area contributed by atoms with Gasteiger partial charge < -0.3 is 15.1 Å². The van der Waals surface area contributed by atoms with E-state index in [1.54, 1.807) is 0 Å². The third-order valence-electron chi connectivity index (χ3n) is 4.27. The van der Waals surface area contributed by atoms with Gasteiger partial charge in [-0.2, -0.15) is 13.2 Å². The summed E-state index contributed by atoms with van der Waals surface area (Å²) < 4.78 is 38.6. The Morgan fingerprint density at radius 1 is 1.16 bits per heavy atom. The number of nitrogens with zero attached hydrogens (tertiary/aromatic N) is 2. The van der Waals surface area contributed by atoms with E-state index in [2.05, 4.69) is 17.1 Å². The van der Waals surface area contributed by atoms with Crippen LogP contribution in [0.25, 0.3) is 0 Å². The van der Waals surface area contributed by atoms with Crippen molar-refractivity contribution >= 4 is 0 Å². The molecule has 0 saturated carbocycles. The molecule has 2 heterocycles. The average Bonchev–Trinajstić information content (AvgIpc) is 2.64. The van der Waals surface area contributed by atoms with Crippen LogP contribution in [-0.2, 0) is 0 Å². The van der Waals surface area contributed by atoms with Crippen LogP contribution < -0.4 is 5.32 Å². The SMILES string of the molecule is CCN1CCC(CN2CCNCC(C(F)(F)F)C2)C1. The predicted octanol–water partition coefficient (Wildman–Crippen LogP) is 1.41. The average molecular weight is 279 g/mol. The van der Waals surface area contributed by atoms with Gasteiger partial charge in [0.2, 0.25) is 0 Å². The Balaban J connectivity index is 1.85. The summed E-state index contributed by atoms with van der Waals surface area (Å²) in [5, 5.41) is 2.91. The van der Waals surface area contributed by atoms with Crippen molar-refractivity contribution in [1.29, 1.82) is 0 Å². The molecule has 1 N–H and O–H groups in total. The molecule has 0 bridgehead atoms. The Labute approximate surface area is 113 Å². The normalized spacial score (nSPS) is 31.6. The lowest BCUT2D eigenvalue weighted by atomic mass is 10.1. The second-order valence-corrected chi connectivity index (χ2v) is 5.75. The molecule has 3 nitrogen and oxygen atoms in total. The van der Waals surface area contributed by atoms with Gasteiger partial charge >= 0.3 is 6.18 Å². The van der Waals surface area contributed by atoms with Crippen LogP contribution in [0.4, 0.5) is 13.2 Å². The van der Waals surface area contributed by atoms with Gasteiger partial charge in [0, 0.05) is 39.3 Å². The number of likely N-dealkylation sites (tertiary alicyclic amines) is 1. The van der Waals surface area contributed by atoms with Crippen molar-refractivity contribution in [2.45, 2.75) is 19.5 Å². The summed E-state index contributed by atoms with van der Waals surface area (Å²) in [4.78, 5) is 4.38. The fraction of sp³-hybridized carbons (Fsp3) is 1.00. The second kappa shape index (κ2) is 6.41. The molecule has 0 aliphatic carbocycles. The molecule has 112 valence electrons. The summed E-state index contributed by atoms with van der Waals surface area (Å²) in [7, 11) is 0. The highest BCUT2D eigenvalue weighted by atomic mass is 19.4. The Kier molecular flexibility index (Phi) is 5.09. The Morgan fingerprint density at radius 2 is 1.95 bits per heavy atom. The monoisotopic (exact) mass is 279 g/mol. The van der Waals surface area contributed by atoms with Gasteiger partial charge in [0.05, 0.1) is 5.92 Å². The summed E-state index contributed by atoms with van der Waals surface area (Å²) in [5.74, 6) is -0.689. The second-order valence-electron chi connectivity index (χ2n) is 5.75. The number of alkyl halides is 3. The Bertz CT molecular complexity index is 283. The van der Waals surface area contributed by atoms with E-state index in [4.69, 9.17) is 0 Å². The van der Waals surface area contributed by atoms with Gasteiger partial charge in [-0.3, -0.25) is 0 Å². The molecular formula is C13H24F3N3. The van der Waals surface area contributed by atoms with Crippen LogP contribution >= 0.6 is 0 Å². The summed E-state index contributed by atoms with van der Waals surface area (Å²) in [5.41, 5.74) is 0. The van der Waals surface area contributed by atoms with Crippen LogP contribution in [-0.4, -0.2) is 68.3 Å². The molecule has 0 aromatic rings. The van der Waals surface area contributed by atoms with Crippen LogP contribution in [0, 0.1) is 11.8 Å². The first-order chi connectivity index (χ1) is 8.99. The molecule has 2 unspecified atom stereocenters. The van der Waals surface area contributed by atoms with Gasteiger partial charge in [0.25, 0.3) is 0 Å². The third-order valence-corrected chi connectivity index (χ3v) is 4.27. The maximum atomic E-state index is 12.9. The van der Waals surface area contributed by atoms with E-state index in [1.165, 1.54) is 0 Å². The highest BCUT2D eigenvalue weighted by Crippen LogP contribution is 2.28. The zero-order valence-corrected chi connectivity index (χ0v) is 11.5. The lowest BCUT2D eigenvalue weighted by molar-refractivity contribution is -0.176. The molecule has 2 saturated heterocycles. The molecule has 0 radical (unpaired) electrons. The molecule has 2 aliphatic rings. The molecule has 0 spiro atoms. The highest BCUT2D eigenvalue weighted by Gasteiger charge is 2.41. The summed E-state index contributed by atoms with van der Waals surface area (Å²) in [6, 6.07) is 0. The van der Waals surface area contributed by atoms with Gasteiger partial charge in [-0.1, -0.05) is 6.92 Å². The van der Waals surface area contributed by atoms with Crippen LogP contribution in [0.3, 0.4) is 0 Å². The first kappa shape index (κ1) is 15.1. The van der Waals surface area contributed by atoms with Crippen LogP contribution in [0.1, 0.15) is 13.3 Å². The molecular weight excluding hydrogens is 255 g/mol. The quantitative estimate of drug-likeness (QED) is 0.843. The van der Waals surface area contributed by atoms with Crippen molar-refractivity contribution in [2.24, 2.45) is 11.8 Å². The van der Waals surface area contributed by atoms with Crippen molar-refractivity contribution in [3.8, 4) is 0 Å². The number of rotatable bonds is 3. The van der Waals surface area contributed by atoms with Crippen molar-refractivity contribution in [1.82, 2.24) is 15.1 Å². The van der Waals surface area contributed by atoms with Gasteiger partial charge in [-0.05, 0) is 25.4 Å². The van der Waals surface area contributed by atoms with E-state index < -0.39 is 12.1 Å². The van der Waals surface area contributed by atoms with E-state index >= 15 is 0 Å². The maximum absolute atomic E-state index is 12.9. The van der Waals surface area contributed by atoms with Crippen molar-refractivity contribution in [2.75, 3.05) is 52.4 Å². The molecule has 2 rings (SSSR count). The van der Waals surface area contributed by atoms with E-state index in [9.17, 15) is 13.2 Å². The molecule has 0 amide bonds. The zero-order valence-electron chi connectivity index (χ0n) is 11.5. The largest absolute Gasteiger partial charge is 0.394 e. The Hall–Kier alpha value is -0.330. The standard InChI is InChI=1S/C13H24F3N3/c1-2-18-5-3-11(8-18)9-19-6-4-17-7-12(10-19)13(14,15)16/h11-12,17H,2-10H2,1H3. The molecule has 6 heteroatoms. The number of nitrogens with one attached hydrogen (secondary N) is 1. The van der Waals surface area contributed by atoms with Gasteiger partial charge in [-0.25, -0.2) is 0 Å². The number of hydrogen-bond acceptors (Lipinski definition) is 3. The first-order valence-corrected chi connectivity index (χ1v) is 7.21. The molecule has 2 fully saturated rings. The molecule has 19 heavy (non-hydrogen) atoms. The minimum absolute atomic E-state index is 0.0613. The summed E-state index contributed by atoms with van der Waals surface area (Å²) >= 11 is 0. The minimum atomic E-state index is -4.08. The highest BCUT2D eigenvalue weighted by molar-refractivity contribution is 4.83. The van der Waals surface area contributed by atoms with Crippen LogP contribution in [0.15, 0.2) is 0 Å². The van der Waals surface area contributed by atoms with Gasteiger partial charge in [-0.15, -0.1) is 0 Å². The molecule has 2 atom stereocenters. The predicted molar refractivity (Wildman–Crippen MR) is 69.1 cm³/mol. The Morgan fingerprint density at radius 3 is 2.58 bits per heavy atom. The molecule has 2 aliphatic heterocycles. The van der Waals surface area contributed by atoms with Crippen molar-refractivity contribution in [3.63, 3.8) is 0 Å². The third kappa shape index (κ3) is 4.33. The first-order valence-electron chi connectivity index (χ1n) is 7.21. The van der Waals surface area contributed by atoms with Crippen LogP contribution in [0.5, 0.6) is 0 Å². The number of hydrogen-bond donors (Lipinski definition) is 1. The minimum Gasteiger partial charge on any atom is -0.315 e. The number of halogens is 3. The maximum Gasteiger partial charge on any atom is 0.394 e. The van der Waals surface area contributed by atoms with E-state index in [1.807, 2.05) is 4.90 Å². The lowest BCUT2D eigenvalue weighted by Crippen LogP contribution is -2.40. The topological polar surface area (TPSA) is 18.5 Å². The van der Waals surface area contributed by atoms with E-state index in [0.29, 0.717) is 12.5 Å². The van der Waals surface area contributed by atoms with Gasteiger partial charge in [0.15, 0.2) is 0 Å². The van der Waals surface area contributed by atoms with Crippen molar-refractivity contribution in [3.05, 3.63) is 0 Å². The zero-order chi connectivity index (χ0) is 13.9. The van der Waals surface area contributed by atoms with E-state index in [0.717, 1.165) is 39.1 Å². The van der Waals surface area contributed by atoms with Crippen LogP contribution in [0.2, 0.25) is 0 Å². The van der Waals surface area contributed by atoms with E-state index in [-0.39, 0.29) is 13.1 Å². The smallest absolute Gasteiger partial charge is 0.315 e.